The Morgan fingerprint density at radius 1 is 1.16 bits per heavy atom. The third-order valence-electron chi connectivity index (χ3n) is 7.03. The van der Waals surface area contributed by atoms with Crippen molar-refractivity contribution in [1.82, 2.24) is 30.3 Å². The van der Waals surface area contributed by atoms with Crippen molar-refractivity contribution < 1.29 is 19.1 Å². The third-order valence-corrected chi connectivity index (χ3v) is 7.03. The molecule has 11 nitrogen and oxygen atoms in total. The first-order valence-electron chi connectivity index (χ1n) is 12.4. The van der Waals surface area contributed by atoms with Gasteiger partial charge in [0, 0.05) is 55.3 Å². The highest BCUT2D eigenvalue weighted by Gasteiger charge is 2.48. The largest absolute Gasteiger partial charge is 0.497 e. The Morgan fingerprint density at radius 2 is 2.00 bits per heavy atom. The van der Waals surface area contributed by atoms with Crippen LogP contribution >= 0.6 is 0 Å². The van der Waals surface area contributed by atoms with E-state index in [1.165, 1.54) is 12.0 Å². The maximum atomic E-state index is 13.1. The number of fused-ring (bicyclic) bond motifs is 1. The van der Waals surface area contributed by atoms with E-state index in [1.807, 2.05) is 11.0 Å². The average molecular weight is 516 g/mol. The molecule has 3 aliphatic heterocycles. The van der Waals surface area contributed by atoms with Gasteiger partial charge in [0.2, 0.25) is 5.54 Å². The van der Waals surface area contributed by atoms with Gasteiger partial charge in [-0.3, -0.25) is 25.3 Å². The zero-order valence-electron chi connectivity index (χ0n) is 21.3. The number of nitrogens with one attached hydrogen (secondary N) is 3. The van der Waals surface area contributed by atoms with Gasteiger partial charge in [0.15, 0.2) is 0 Å². The van der Waals surface area contributed by atoms with E-state index in [-0.39, 0.29) is 19.0 Å². The van der Waals surface area contributed by atoms with Crippen LogP contribution in [0.4, 0.5) is 4.79 Å². The molecule has 3 N–H and O–H groups in total. The summed E-state index contributed by atoms with van der Waals surface area (Å²) >= 11 is 0. The van der Waals surface area contributed by atoms with Crippen molar-refractivity contribution in [3.8, 4) is 17.6 Å². The molecule has 0 aliphatic carbocycles. The van der Waals surface area contributed by atoms with Crippen LogP contribution in [0.25, 0.3) is 0 Å². The Kier molecular flexibility index (Phi) is 6.73. The molecule has 1 atom stereocenters. The molecule has 1 aromatic heterocycles. The van der Waals surface area contributed by atoms with Gasteiger partial charge in [-0.2, -0.15) is 0 Å². The summed E-state index contributed by atoms with van der Waals surface area (Å²) < 4.78 is 5.23. The normalized spacial score (nSPS) is 21.3. The molecule has 0 saturated carbocycles. The molecule has 196 valence electrons. The molecule has 4 heterocycles. The second-order valence-corrected chi connectivity index (χ2v) is 9.70. The van der Waals surface area contributed by atoms with E-state index in [0.717, 1.165) is 38.2 Å². The monoisotopic (exact) mass is 515 g/mol. The molecule has 3 aliphatic rings. The maximum Gasteiger partial charge on any atom is 0.323 e. The first-order chi connectivity index (χ1) is 18.3. The SMILES string of the molecule is COc1ccc2c(c1)C(=O)N(C[C@@]1(C#Cc3cncc(C(=N)N4CCCN(C)CC4)c3)NC(=O)NC1=O)C2. The second kappa shape index (κ2) is 10.1. The Labute approximate surface area is 220 Å². The predicted molar refractivity (Wildman–Crippen MR) is 139 cm³/mol. The smallest absolute Gasteiger partial charge is 0.323 e. The van der Waals surface area contributed by atoms with Crippen molar-refractivity contribution in [3.05, 3.63) is 58.9 Å². The molecule has 0 unspecified atom stereocenters. The highest BCUT2D eigenvalue weighted by Crippen LogP contribution is 2.28. The Bertz CT molecular complexity index is 1380. The number of hydrogen-bond acceptors (Lipinski definition) is 7. The number of ether oxygens (including phenoxy) is 1. The summed E-state index contributed by atoms with van der Waals surface area (Å²) in [4.78, 5) is 48.2. The number of amides is 4. The minimum absolute atomic E-state index is 0.127. The molecule has 1 aromatic carbocycles. The number of pyridine rings is 1. The van der Waals surface area contributed by atoms with Gasteiger partial charge in [-0.15, -0.1) is 0 Å². The summed E-state index contributed by atoms with van der Waals surface area (Å²) in [7, 11) is 3.60. The van der Waals surface area contributed by atoms with Crippen LogP contribution in [0.3, 0.4) is 0 Å². The molecular weight excluding hydrogens is 486 g/mol. The van der Waals surface area contributed by atoms with E-state index in [9.17, 15) is 14.4 Å². The number of carbonyl (C=O) groups excluding carboxylic acids is 3. The molecule has 2 saturated heterocycles. The number of aromatic nitrogens is 1. The minimum Gasteiger partial charge on any atom is -0.497 e. The lowest BCUT2D eigenvalue weighted by Crippen LogP contribution is -2.54. The van der Waals surface area contributed by atoms with E-state index in [1.54, 1.807) is 30.6 Å². The molecular formula is C27H29N7O4. The van der Waals surface area contributed by atoms with Gasteiger partial charge in [0.1, 0.15) is 11.6 Å². The van der Waals surface area contributed by atoms with Gasteiger partial charge in [0.05, 0.1) is 13.7 Å². The number of carbonyl (C=O) groups is 3. The lowest BCUT2D eigenvalue weighted by atomic mass is 9.99. The summed E-state index contributed by atoms with van der Waals surface area (Å²) in [5.74, 6) is 5.90. The van der Waals surface area contributed by atoms with Crippen molar-refractivity contribution in [3.63, 3.8) is 0 Å². The number of methoxy groups -OCH3 is 1. The molecule has 0 bridgehead atoms. The number of likely N-dealkylation sites (N-methyl/N-ethyl adjacent to an activating group) is 1. The Hall–Kier alpha value is -4.43. The highest BCUT2D eigenvalue weighted by molar-refractivity contribution is 6.10. The number of rotatable bonds is 4. The number of nitrogens with zero attached hydrogens (tertiary/aromatic N) is 4. The molecule has 2 fully saturated rings. The van der Waals surface area contributed by atoms with Crippen LogP contribution in [-0.2, 0) is 11.3 Å². The van der Waals surface area contributed by atoms with Crippen LogP contribution in [0.2, 0.25) is 0 Å². The molecule has 38 heavy (non-hydrogen) atoms. The summed E-state index contributed by atoms with van der Waals surface area (Å²) in [5.41, 5.74) is 0.784. The first kappa shape index (κ1) is 25.2. The minimum atomic E-state index is -1.63. The summed E-state index contributed by atoms with van der Waals surface area (Å²) in [5, 5.41) is 13.6. The highest BCUT2D eigenvalue weighted by atomic mass is 16.5. The van der Waals surface area contributed by atoms with E-state index < -0.39 is 17.5 Å². The van der Waals surface area contributed by atoms with Gasteiger partial charge in [-0.25, -0.2) is 4.79 Å². The Morgan fingerprint density at radius 3 is 2.76 bits per heavy atom. The Balaban J connectivity index is 1.38. The summed E-state index contributed by atoms with van der Waals surface area (Å²) in [6.45, 7) is 3.55. The number of benzene rings is 1. The fraction of sp³-hybridized carbons (Fsp3) is 0.370. The fourth-order valence-corrected chi connectivity index (χ4v) is 4.88. The van der Waals surface area contributed by atoms with Gasteiger partial charge >= 0.3 is 6.03 Å². The molecule has 4 amide bonds. The van der Waals surface area contributed by atoms with Gasteiger partial charge < -0.3 is 24.8 Å². The van der Waals surface area contributed by atoms with E-state index in [2.05, 4.69) is 39.4 Å². The zero-order chi connectivity index (χ0) is 26.9. The summed E-state index contributed by atoms with van der Waals surface area (Å²) in [6, 6.07) is 6.33. The standard InChI is InChI=1S/C27H29N7O4/c1-32-8-3-9-33(11-10-32)23(28)20-12-18(14-29-15-20)6-7-27(25(36)30-26(37)31-27)17-34-16-19-4-5-21(38-2)13-22(19)24(34)35/h4-5,12-15,28H,3,8-11,16-17H2,1-2H3,(H2,30,31,36,37)/t27-/m1/s1. The molecule has 5 rings (SSSR count). The van der Waals surface area contributed by atoms with Gasteiger partial charge in [0.25, 0.3) is 11.8 Å². The molecule has 11 heteroatoms. The number of amidine groups is 1. The van der Waals surface area contributed by atoms with Crippen molar-refractivity contribution in [2.45, 2.75) is 18.5 Å². The third kappa shape index (κ3) is 4.90. The van der Waals surface area contributed by atoms with Crippen LogP contribution in [0, 0.1) is 17.3 Å². The summed E-state index contributed by atoms with van der Waals surface area (Å²) in [6.07, 6.45) is 4.14. The van der Waals surface area contributed by atoms with Gasteiger partial charge in [-0.1, -0.05) is 17.9 Å². The van der Waals surface area contributed by atoms with Crippen molar-refractivity contribution >= 4 is 23.7 Å². The number of imide groups is 1. The van der Waals surface area contributed by atoms with Crippen LogP contribution in [0.15, 0.2) is 36.7 Å². The first-order valence-corrected chi connectivity index (χ1v) is 12.4. The number of urea groups is 1. The van der Waals surface area contributed by atoms with Crippen molar-refractivity contribution in [1.29, 1.82) is 5.41 Å². The predicted octanol–water partition coefficient (Wildman–Crippen LogP) is 0.639. The van der Waals surface area contributed by atoms with E-state index >= 15 is 0 Å². The zero-order valence-corrected chi connectivity index (χ0v) is 21.3. The topological polar surface area (TPSA) is 131 Å². The molecule has 0 radical (unpaired) electrons. The van der Waals surface area contributed by atoms with Gasteiger partial charge in [-0.05, 0) is 43.8 Å². The number of hydrogen-bond donors (Lipinski definition) is 3. The van der Waals surface area contributed by atoms with Crippen LogP contribution in [-0.4, -0.2) is 95.8 Å². The van der Waals surface area contributed by atoms with Crippen LogP contribution in [0.1, 0.15) is 33.5 Å². The maximum absolute atomic E-state index is 13.1. The molecule has 2 aromatic rings. The average Bonchev–Trinajstić information content (AvgIpc) is 3.26. The van der Waals surface area contributed by atoms with Crippen LogP contribution < -0.4 is 15.4 Å². The lowest BCUT2D eigenvalue weighted by molar-refractivity contribution is -0.122. The fourth-order valence-electron chi connectivity index (χ4n) is 4.88. The second-order valence-electron chi connectivity index (χ2n) is 9.70. The van der Waals surface area contributed by atoms with E-state index in [4.69, 9.17) is 10.1 Å². The van der Waals surface area contributed by atoms with Crippen molar-refractivity contribution in [2.75, 3.05) is 46.9 Å². The van der Waals surface area contributed by atoms with Crippen LogP contribution in [0.5, 0.6) is 5.75 Å². The molecule has 0 spiro atoms. The van der Waals surface area contributed by atoms with Crippen molar-refractivity contribution in [2.24, 2.45) is 0 Å². The van der Waals surface area contributed by atoms with E-state index in [0.29, 0.717) is 28.3 Å². The lowest BCUT2D eigenvalue weighted by Gasteiger charge is -2.26. The quantitative estimate of drug-likeness (QED) is 0.236.